The lowest BCUT2D eigenvalue weighted by atomic mass is 9.54. The largest absolute Gasteiger partial charge is 0.508 e. The molecule has 113 heavy (non-hydrogen) atoms. The van der Waals surface area contributed by atoms with Gasteiger partial charge in [-0.05, 0) is 193 Å². The second kappa shape index (κ2) is 32.6. The van der Waals surface area contributed by atoms with Gasteiger partial charge in [0.15, 0.2) is 11.5 Å². The maximum Gasteiger partial charge on any atom is 0.264 e. The van der Waals surface area contributed by atoms with Gasteiger partial charge in [0.25, 0.3) is 10.0 Å². The summed E-state index contributed by atoms with van der Waals surface area (Å²) >= 11 is 14.1. The quantitative estimate of drug-likeness (QED) is 0.0618. The van der Waals surface area contributed by atoms with Gasteiger partial charge < -0.3 is 113 Å². The number of hydrogen-bond donors (Lipinski definition) is 18. The molecule has 16 rings (SSSR count). The second-order valence-corrected chi connectivity index (χ2v) is 32.5. The number of carbonyl (C=O) groups excluding carboxylic acids is 8. The SMILES string of the molecule is CNC(CC(C)C)C(=O)NC1C(=O)NC(CC(=O)NS(=O)(=O)c2ccc(OC)cc2)C(=O)NC2C(=O)NC(C(N)=O)c3ccc4c(c3)-c3c(cc(O)cc3C4(O)O)C(C(=O)NC3C4CC5CC(C4)CC3C5)NC(=O)CC(O)c3ccc(c(Cl)c3)Oc3cc2cc(c3OC2OC(CO)C(O)C(O)C2O)Oc2ccc(cc2Cl)C1O. The monoisotopic (exact) mass is 1620 g/mol. The van der Waals surface area contributed by atoms with Crippen molar-refractivity contribution in [2.24, 2.45) is 35.3 Å². The Morgan fingerprint density at radius 3 is 1.92 bits per heavy atom. The Bertz CT molecular complexity index is 4850. The van der Waals surface area contributed by atoms with E-state index in [0.717, 1.165) is 92.8 Å². The standard InChI is InChI=1S/C77H85Cl2N9O24S/c1-31(2)15-49(81-3)71(99)87-64-65(94)36-7-14-53(48(79)23-36)110-55-25-39-24-54(69(55)112-76-68(97)67(96)66(95)56(30-89)111-76)109-52-13-6-34(22-47(52)78)51(91)29-57(92)83-63(74(102)84-60-37-17-32-16-33(19-37)20-38(60)18-32)44-26-40(90)27-46-59(44)43-21-35(5-12-45(43)77(46,104)105)61(70(80)98)85-73(101)62(39)86-72(100)50(82-75(64)103)28-58(93)88-113(106,107)42-10-8-41(108-4)9-11-42/h5-14,21-27,31-33,37-38,49-51,56,60-68,76,81,89-91,94-97,104-105H,15-20,28-30H2,1-4H3,(H2,80,98)(H,82,103)(H,83,92)(H,84,102)(H,85,101)(H,86,100)(H,87,99)(H,88,93). The second-order valence-electron chi connectivity index (χ2n) is 30.0. The topological polar surface area (TPSA) is 521 Å². The van der Waals surface area contributed by atoms with Crippen molar-refractivity contribution in [1.82, 2.24) is 41.9 Å². The molecule has 0 aromatic heterocycles. The number of aromatic hydroxyl groups is 1. The molecule has 33 nitrogen and oxygen atoms in total. The summed E-state index contributed by atoms with van der Waals surface area (Å²) < 4.78 is 60.2. The molecule has 5 fully saturated rings. The van der Waals surface area contributed by atoms with Crippen LogP contribution in [0.4, 0.5) is 0 Å². The van der Waals surface area contributed by atoms with Gasteiger partial charge in [0.05, 0.1) is 53.6 Å². The van der Waals surface area contributed by atoms with Crippen LogP contribution in [0, 0.1) is 29.6 Å². The van der Waals surface area contributed by atoms with Crippen LogP contribution in [0.3, 0.4) is 0 Å². The maximum absolute atomic E-state index is 16.2. The van der Waals surface area contributed by atoms with Crippen LogP contribution in [-0.4, -0.2) is 177 Å². The molecule has 5 aliphatic heterocycles. The zero-order valence-corrected chi connectivity index (χ0v) is 63.4. The van der Waals surface area contributed by atoms with Crippen molar-refractivity contribution in [3.8, 4) is 51.4 Å². The summed E-state index contributed by atoms with van der Waals surface area (Å²) in [5.74, 6) is -15.1. The number of nitrogens with two attached hydrogens (primary N) is 1. The van der Waals surface area contributed by atoms with E-state index in [1.165, 1.54) is 56.6 Å². The number of rotatable bonds is 16. The van der Waals surface area contributed by atoms with Crippen molar-refractivity contribution in [2.45, 2.75) is 161 Å². The normalized spacial score (nSPS) is 28.1. The van der Waals surface area contributed by atoms with Crippen LogP contribution in [0.1, 0.15) is 134 Å². The van der Waals surface area contributed by atoms with Gasteiger partial charge in [0.2, 0.25) is 65.1 Å². The summed E-state index contributed by atoms with van der Waals surface area (Å²) in [4.78, 5) is 120. The van der Waals surface area contributed by atoms with Crippen LogP contribution >= 0.6 is 23.2 Å². The highest BCUT2D eigenvalue weighted by molar-refractivity contribution is 7.90. The zero-order chi connectivity index (χ0) is 81.1. The van der Waals surface area contributed by atoms with Gasteiger partial charge in [0.1, 0.15) is 83.7 Å². The van der Waals surface area contributed by atoms with Crippen molar-refractivity contribution in [1.29, 1.82) is 0 Å². The molecule has 5 aliphatic carbocycles. The number of benzene rings is 6. The molecule has 0 spiro atoms. The summed E-state index contributed by atoms with van der Waals surface area (Å²) in [5.41, 5.74) is 3.92. The summed E-state index contributed by atoms with van der Waals surface area (Å²) in [7, 11) is -2.09. The number of fused-ring (bicyclic) bond motifs is 16. The number of likely N-dealkylation sites (N-methyl/N-ethyl adjacent to an activating group) is 1. The smallest absolute Gasteiger partial charge is 0.264 e. The lowest BCUT2D eigenvalue weighted by molar-refractivity contribution is -0.277. The number of carbonyl (C=O) groups is 8. The van der Waals surface area contributed by atoms with Crippen molar-refractivity contribution in [2.75, 3.05) is 20.8 Å². The number of amides is 8. The van der Waals surface area contributed by atoms with E-state index in [1.807, 2.05) is 4.72 Å². The first-order valence-corrected chi connectivity index (χ1v) is 38.8. The number of nitrogens with one attached hydrogen (secondary N) is 8. The average Bonchev–Trinajstić information content (AvgIpc) is 1.58. The molecule has 5 heterocycles. The van der Waals surface area contributed by atoms with E-state index in [2.05, 4.69) is 37.2 Å². The van der Waals surface area contributed by atoms with Gasteiger partial charge in [0, 0.05) is 17.2 Å². The van der Waals surface area contributed by atoms with Crippen molar-refractivity contribution in [3.63, 3.8) is 0 Å². The lowest BCUT2D eigenvalue weighted by Crippen LogP contribution is -2.60. The molecule has 13 atom stereocenters. The van der Waals surface area contributed by atoms with Crippen LogP contribution in [0.15, 0.2) is 108 Å². The van der Waals surface area contributed by atoms with Gasteiger partial charge in [-0.15, -0.1) is 0 Å². The maximum atomic E-state index is 16.2. The Hall–Kier alpha value is -9.79. The molecular formula is C77H85Cl2N9O24S. The van der Waals surface area contributed by atoms with E-state index < -0.39 is 206 Å². The molecule has 13 unspecified atom stereocenters. The number of phenols is 1. The molecule has 13 bridgehead atoms. The molecule has 0 radical (unpaired) electrons. The zero-order valence-electron chi connectivity index (χ0n) is 61.0. The third-order valence-electron chi connectivity index (χ3n) is 21.9. The predicted octanol–water partition coefficient (Wildman–Crippen LogP) is 2.22. The van der Waals surface area contributed by atoms with Crippen LogP contribution in [0.25, 0.3) is 11.1 Å². The van der Waals surface area contributed by atoms with E-state index in [9.17, 15) is 73.6 Å². The van der Waals surface area contributed by atoms with E-state index in [1.54, 1.807) is 13.8 Å². The highest BCUT2D eigenvalue weighted by Crippen LogP contribution is 2.56. The minimum absolute atomic E-state index is 0.0506. The highest BCUT2D eigenvalue weighted by Gasteiger charge is 2.52. The number of sulfonamides is 1. The first kappa shape index (κ1) is 81.2. The fraction of sp³-hybridized carbons (Fsp3) is 0.429. The minimum Gasteiger partial charge on any atom is -0.508 e. The molecule has 1 saturated heterocycles. The molecule has 4 saturated carbocycles. The molecular weight excluding hydrogens is 1540 g/mol. The van der Waals surface area contributed by atoms with E-state index >= 15 is 19.2 Å². The molecule has 10 aliphatic rings. The fourth-order valence-corrected chi connectivity index (χ4v) is 18.0. The molecule has 36 heteroatoms. The van der Waals surface area contributed by atoms with Gasteiger partial charge in [-0.1, -0.05) is 61.3 Å². The molecule has 6 aromatic rings. The number of ether oxygens (including phenoxy) is 5. The summed E-state index contributed by atoms with van der Waals surface area (Å²) in [6, 6.07) is 7.08. The first-order valence-electron chi connectivity index (χ1n) is 36.5. The van der Waals surface area contributed by atoms with Crippen LogP contribution in [-0.2, 0) is 58.9 Å². The minimum atomic E-state index is -4.86. The van der Waals surface area contributed by atoms with Crippen LogP contribution in [0.2, 0.25) is 10.0 Å². The number of aliphatic hydroxyl groups is 8. The Balaban J connectivity index is 1.00. The fourth-order valence-electron chi connectivity index (χ4n) is 16.5. The Labute approximate surface area is 656 Å². The third kappa shape index (κ3) is 16.7. The molecule has 6 aromatic carbocycles. The van der Waals surface area contributed by atoms with Crippen LogP contribution in [0.5, 0.6) is 40.2 Å². The average molecular weight is 1620 g/mol. The molecule has 602 valence electrons. The Morgan fingerprint density at radius 2 is 1.32 bits per heavy atom. The first-order chi connectivity index (χ1) is 53.6. The van der Waals surface area contributed by atoms with Gasteiger partial charge in [-0.3, -0.25) is 38.4 Å². The number of phenolic OH excluding ortho intramolecular Hbond substituents is 1. The summed E-state index contributed by atoms with van der Waals surface area (Å²) in [6.07, 6.45) is -11.4. The predicted molar refractivity (Wildman–Crippen MR) is 397 cm³/mol. The number of primary amides is 1. The van der Waals surface area contributed by atoms with E-state index in [0.29, 0.717) is 11.8 Å². The van der Waals surface area contributed by atoms with Crippen molar-refractivity contribution in [3.05, 3.63) is 152 Å². The van der Waals surface area contributed by atoms with Gasteiger partial charge >= 0.3 is 0 Å². The van der Waals surface area contributed by atoms with Gasteiger partial charge in [-0.2, -0.15) is 0 Å². The third-order valence-corrected chi connectivity index (χ3v) is 23.9. The van der Waals surface area contributed by atoms with Crippen molar-refractivity contribution >= 4 is 80.5 Å². The Morgan fingerprint density at radius 1 is 0.690 bits per heavy atom. The summed E-state index contributed by atoms with van der Waals surface area (Å²) in [6.45, 7) is 2.62. The highest BCUT2D eigenvalue weighted by atomic mass is 35.5. The Kier molecular flexibility index (Phi) is 23.4. The summed E-state index contributed by atoms with van der Waals surface area (Å²) in [5, 5.41) is 122. The molecule has 8 amide bonds. The molecule has 19 N–H and O–H groups in total. The number of methoxy groups -OCH3 is 1. The number of hydrogen-bond acceptors (Lipinski definition) is 25. The van der Waals surface area contributed by atoms with Crippen molar-refractivity contribution < 1.29 is 116 Å². The number of halogens is 2. The lowest BCUT2D eigenvalue weighted by Gasteiger charge is -2.54. The number of aliphatic hydroxyl groups excluding tert-OH is 6. The van der Waals surface area contributed by atoms with E-state index in [4.69, 9.17) is 52.6 Å². The van der Waals surface area contributed by atoms with Gasteiger partial charge in [-0.25, -0.2) is 13.1 Å². The van der Waals surface area contributed by atoms with Crippen LogP contribution < -0.4 is 66.6 Å². The van der Waals surface area contributed by atoms with E-state index in [-0.39, 0.29) is 91.4 Å².